The van der Waals surface area contributed by atoms with Crippen LogP contribution in [-0.2, 0) is 15.1 Å². The van der Waals surface area contributed by atoms with Gasteiger partial charge in [-0.3, -0.25) is 14.3 Å². The number of ether oxygens (including phenoxy) is 2. The second-order valence-electron chi connectivity index (χ2n) is 9.12. The minimum absolute atomic E-state index is 0.0928. The Labute approximate surface area is 213 Å². The van der Waals surface area contributed by atoms with Gasteiger partial charge < -0.3 is 19.7 Å². The molecule has 3 N–H and O–H groups in total. The van der Waals surface area contributed by atoms with Crippen molar-refractivity contribution in [1.29, 1.82) is 0 Å². The van der Waals surface area contributed by atoms with Gasteiger partial charge in [0.25, 0.3) is 5.56 Å². The maximum Gasteiger partial charge on any atom is 0.330 e. The molecule has 190 valence electrons. The number of aromatic nitrogens is 2. The van der Waals surface area contributed by atoms with Crippen molar-refractivity contribution in [3.8, 4) is 0 Å². The van der Waals surface area contributed by atoms with E-state index in [1.807, 2.05) is 91.0 Å². The minimum Gasteiger partial charge on any atom is -0.387 e. The summed E-state index contributed by atoms with van der Waals surface area (Å²) in [5, 5.41) is 21.6. The highest BCUT2D eigenvalue weighted by Crippen LogP contribution is 2.41. The standard InChI is InChI=1S/C29H28N2O6/c1-19-17-31(28(35)30-26(19)34)27-25(33)24(32)23(37-27)18-36-29(20-11-5-2-6-12-20,21-13-7-3-8-14-21)22-15-9-4-10-16-22/h2-17,23-25,27,32-33H,18H2,1H3,(H,30,34,35). The highest BCUT2D eigenvalue weighted by Gasteiger charge is 2.46. The Morgan fingerprint density at radius 1 is 0.838 bits per heavy atom. The second kappa shape index (κ2) is 10.3. The van der Waals surface area contributed by atoms with E-state index >= 15 is 0 Å². The topological polar surface area (TPSA) is 114 Å². The Kier molecular flexibility index (Phi) is 6.90. The van der Waals surface area contributed by atoms with Crippen molar-refractivity contribution in [2.75, 3.05) is 6.61 Å². The smallest absolute Gasteiger partial charge is 0.330 e. The summed E-state index contributed by atoms with van der Waals surface area (Å²) in [6.45, 7) is 1.45. The molecule has 5 rings (SSSR count). The summed E-state index contributed by atoms with van der Waals surface area (Å²) in [6.07, 6.45) is -3.56. The van der Waals surface area contributed by atoms with E-state index in [2.05, 4.69) is 4.98 Å². The molecule has 8 heteroatoms. The molecule has 4 unspecified atom stereocenters. The normalized spacial score (nSPS) is 21.7. The second-order valence-corrected chi connectivity index (χ2v) is 9.12. The number of aliphatic hydroxyl groups is 2. The maximum absolute atomic E-state index is 12.4. The fourth-order valence-corrected chi connectivity index (χ4v) is 4.85. The molecule has 2 heterocycles. The lowest BCUT2D eigenvalue weighted by molar-refractivity contribution is -0.0959. The molecule has 1 aliphatic heterocycles. The summed E-state index contributed by atoms with van der Waals surface area (Å²) in [5.41, 5.74) is 0.619. The van der Waals surface area contributed by atoms with Crippen LogP contribution >= 0.6 is 0 Å². The monoisotopic (exact) mass is 500 g/mol. The highest BCUT2D eigenvalue weighted by molar-refractivity contribution is 5.47. The third-order valence-electron chi connectivity index (χ3n) is 6.76. The van der Waals surface area contributed by atoms with E-state index < -0.39 is 41.4 Å². The molecule has 0 radical (unpaired) electrons. The van der Waals surface area contributed by atoms with E-state index in [0.29, 0.717) is 0 Å². The molecule has 8 nitrogen and oxygen atoms in total. The van der Waals surface area contributed by atoms with Crippen molar-refractivity contribution >= 4 is 0 Å². The zero-order valence-electron chi connectivity index (χ0n) is 20.2. The number of benzene rings is 3. The van der Waals surface area contributed by atoms with Crippen LogP contribution in [0.5, 0.6) is 0 Å². The molecule has 3 aromatic carbocycles. The molecule has 4 atom stereocenters. The fourth-order valence-electron chi connectivity index (χ4n) is 4.85. The summed E-state index contributed by atoms with van der Waals surface area (Å²) in [6, 6.07) is 29.3. The first-order valence-corrected chi connectivity index (χ1v) is 12.1. The predicted octanol–water partition coefficient (Wildman–Crippen LogP) is 2.47. The van der Waals surface area contributed by atoms with Crippen LogP contribution < -0.4 is 11.2 Å². The lowest BCUT2D eigenvalue weighted by Gasteiger charge is -2.37. The Morgan fingerprint density at radius 3 is 1.81 bits per heavy atom. The highest BCUT2D eigenvalue weighted by atomic mass is 16.6. The van der Waals surface area contributed by atoms with Crippen LogP contribution in [0.15, 0.2) is 107 Å². The van der Waals surface area contributed by atoms with E-state index in [0.717, 1.165) is 21.3 Å². The molecule has 0 aliphatic carbocycles. The number of aliphatic hydroxyl groups excluding tert-OH is 2. The van der Waals surface area contributed by atoms with E-state index in [-0.39, 0.29) is 12.2 Å². The van der Waals surface area contributed by atoms with Crippen LogP contribution in [0.3, 0.4) is 0 Å². The van der Waals surface area contributed by atoms with Gasteiger partial charge in [0.05, 0.1) is 6.61 Å². The summed E-state index contributed by atoms with van der Waals surface area (Å²) in [4.78, 5) is 26.4. The minimum atomic E-state index is -1.41. The van der Waals surface area contributed by atoms with Gasteiger partial charge in [-0.2, -0.15) is 0 Å². The van der Waals surface area contributed by atoms with Crippen molar-refractivity contribution < 1.29 is 19.7 Å². The Morgan fingerprint density at radius 2 is 1.32 bits per heavy atom. The van der Waals surface area contributed by atoms with Gasteiger partial charge in [0.1, 0.15) is 23.9 Å². The van der Waals surface area contributed by atoms with E-state index in [1.165, 1.54) is 6.20 Å². The van der Waals surface area contributed by atoms with Gasteiger partial charge in [-0.1, -0.05) is 91.0 Å². The molecule has 1 aliphatic rings. The van der Waals surface area contributed by atoms with Crippen molar-refractivity contribution in [3.05, 3.63) is 140 Å². The summed E-state index contributed by atoms with van der Waals surface area (Å²) < 4.78 is 13.8. The van der Waals surface area contributed by atoms with Gasteiger partial charge in [0.15, 0.2) is 6.23 Å². The first kappa shape index (κ1) is 24.9. The Hall–Kier alpha value is -3.82. The Bertz CT molecular complexity index is 1360. The summed E-state index contributed by atoms with van der Waals surface area (Å²) in [7, 11) is 0. The number of nitrogens with one attached hydrogen (secondary N) is 1. The first-order chi connectivity index (χ1) is 17.9. The number of aromatic amines is 1. The summed E-state index contributed by atoms with van der Waals surface area (Å²) in [5.74, 6) is 0. The fraction of sp³-hybridized carbons (Fsp3) is 0.241. The zero-order valence-corrected chi connectivity index (χ0v) is 20.2. The molecule has 1 saturated heterocycles. The Balaban J connectivity index is 1.53. The van der Waals surface area contributed by atoms with Crippen molar-refractivity contribution in [3.63, 3.8) is 0 Å². The van der Waals surface area contributed by atoms with Crippen LogP contribution in [0, 0.1) is 6.92 Å². The average molecular weight is 501 g/mol. The largest absolute Gasteiger partial charge is 0.387 e. The number of hydrogen-bond acceptors (Lipinski definition) is 6. The van der Waals surface area contributed by atoms with Crippen molar-refractivity contribution in [2.45, 2.75) is 37.1 Å². The van der Waals surface area contributed by atoms with Crippen LogP contribution in [0.1, 0.15) is 28.5 Å². The van der Waals surface area contributed by atoms with Gasteiger partial charge in [-0.15, -0.1) is 0 Å². The molecular formula is C29H28N2O6. The van der Waals surface area contributed by atoms with Crippen molar-refractivity contribution in [2.24, 2.45) is 0 Å². The average Bonchev–Trinajstić information content (AvgIpc) is 3.21. The molecule has 1 fully saturated rings. The van der Waals surface area contributed by atoms with Crippen LogP contribution in [0.25, 0.3) is 0 Å². The number of aryl methyl sites for hydroxylation is 1. The molecule has 0 saturated carbocycles. The number of H-pyrrole nitrogens is 1. The van der Waals surface area contributed by atoms with Crippen LogP contribution in [-0.4, -0.2) is 44.7 Å². The number of nitrogens with zero attached hydrogens (tertiary/aromatic N) is 1. The van der Waals surface area contributed by atoms with Crippen LogP contribution in [0.2, 0.25) is 0 Å². The van der Waals surface area contributed by atoms with Crippen LogP contribution in [0.4, 0.5) is 0 Å². The van der Waals surface area contributed by atoms with E-state index in [1.54, 1.807) is 6.92 Å². The van der Waals surface area contributed by atoms with E-state index in [9.17, 15) is 19.8 Å². The molecule has 1 aromatic heterocycles. The van der Waals surface area contributed by atoms with Gasteiger partial charge >= 0.3 is 5.69 Å². The van der Waals surface area contributed by atoms with Gasteiger partial charge in [-0.05, 0) is 23.6 Å². The molecule has 37 heavy (non-hydrogen) atoms. The maximum atomic E-state index is 12.4. The van der Waals surface area contributed by atoms with Crippen molar-refractivity contribution in [1.82, 2.24) is 9.55 Å². The quantitative estimate of drug-likeness (QED) is 0.336. The SMILES string of the molecule is Cc1cn(C2OC(COC(c3ccccc3)(c3ccccc3)c3ccccc3)C(O)C2O)c(=O)[nH]c1=O. The number of rotatable bonds is 7. The molecule has 4 aromatic rings. The molecule has 0 amide bonds. The zero-order chi connectivity index (χ0) is 26.0. The number of hydrogen-bond donors (Lipinski definition) is 3. The molecular weight excluding hydrogens is 472 g/mol. The molecule has 0 bridgehead atoms. The lowest BCUT2D eigenvalue weighted by Crippen LogP contribution is -2.40. The third kappa shape index (κ3) is 4.56. The predicted molar refractivity (Wildman–Crippen MR) is 137 cm³/mol. The lowest BCUT2D eigenvalue weighted by atomic mass is 9.80. The first-order valence-electron chi connectivity index (χ1n) is 12.1. The van der Waals surface area contributed by atoms with Gasteiger partial charge in [0.2, 0.25) is 0 Å². The molecule has 0 spiro atoms. The summed E-state index contributed by atoms with van der Waals surface area (Å²) >= 11 is 0. The van der Waals surface area contributed by atoms with E-state index in [4.69, 9.17) is 9.47 Å². The third-order valence-corrected chi connectivity index (χ3v) is 6.76. The van der Waals surface area contributed by atoms with Gasteiger partial charge in [0, 0.05) is 11.8 Å². The van der Waals surface area contributed by atoms with Gasteiger partial charge in [-0.25, -0.2) is 4.79 Å².